The average Bonchev–Trinajstić information content (AvgIpc) is 3.22. The zero-order valence-corrected chi connectivity index (χ0v) is 15.0. The van der Waals surface area contributed by atoms with Crippen LogP contribution in [0.15, 0.2) is 70.8 Å². The number of rotatable bonds is 5. The van der Waals surface area contributed by atoms with E-state index in [9.17, 15) is 4.79 Å². The van der Waals surface area contributed by atoms with Gasteiger partial charge in [0.1, 0.15) is 5.75 Å². The van der Waals surface area contributed by atoms with Gasteiger partial charge in [0.15, 0.2) is 5.82 Å². The van der Waals surface area contributed by atoms with Gasteiger partial charge in [-0.2, -0.15) is 0 Å². The third kappa shape index (κ3) is 2.95. The summed E-state index contributed by atoms with van der Waals surface area (Å²) in [4.78, 5) is 18.7. The van der Waals surface area contributed by atoms with Crippen LogP contribution in [-0.2, 0) is 6.54 Å². The maximum atomic E-state index is 13.1. The van der Waals surface area contributed by atoms with Crippen LogP contribution in [-0.4, -0.2) is 16.8 Å². The van der Waals surface area contributed by atoms with Crippen LogP contribution in [0.1, 0.15) is 5.56 Å². The summed E-state index contributed by atoms with van der Waals surface area (Å²) >= 11 is 1.55. The Morgan fingerprint density at radius 2 is 1.88 bits per heavy atom. The smallest absolute Gasteiger partial charge is 0.280 e. The van der Waals surface area contributed by atoms with Crippen LogP contribution in [0.5, 0.6) is 5.75 Å². The Morgan fingerprint density at radius 1 is 1.08 bits per heavy atom. The fraction of sp³-hybridized carbons (Fsp3) is 0.100. The number of ether oxygens (including phenoxy) is 1. The Kier molecular flexibility index (Phi) is 4.41. The lowest BCUT2D eigenvalue weighted by atomic mass is 10.2. The highest BCUT2D eigenvalue weighted by Crippen LogP contribution is 2.23. The summed E-state index contributed by atoms with van der Waals surface area (Å²) in [6, 6.07) is 19.0. The van der Waals surface area contributed by atoms with Crippen LogP contribution in [0.4, 0.5) is 0 Å². The van der Waals surface area contributed by atoms with E-state index in [0.717, 1.165) is 16.2 Å². The molecule has 0 radical (unpaired) electrons. The fourth-order valence-corrected chi connectivity index (χ4v) is 3.57. The lowest BCUT2D eigenvalue weighted by Crippen LogP contribution is -2.31. The first-order valence-electron chi connectivity index (χ1n) is 8.19. The SMILES string of the molecule is COc1ccccc1CNn1c(-c2cccs2)nc2ccccc2c1=O. The first-order chi connectivity index (χ1) is 12.8. The summed E-state index contributed by atoms with van der Waals surface area (Å²) in [5.74, 6) is 1.39. The van der Waals surface area contributed by atoms with E-state index < -0.39 is 0 Å². The third-order valence-electron chi connectivity index (χ3n) is 4.14. The Hall–Kier alpha value is -3.12. The van der Waals surface area contributed by atoms with Crippen LogP contribution >= 0.6 is 11.3 Å². The molecule has 2 aromatic heterocycles. The lowest BCUT2D eigenvalue weighted by molar-refractivity contribution is 0.410. The van der Waals surface area contributed by atoms with Gasteiger partial charge in [0, 0.05) is 5.56 Å². The molecule has 0 amide bonds. The first-order valence-corrected chi connectivity index (χ1v) is 9.07. The molecular weight excluding hydrogens is 346 g/mol. The molecule has 6 heteroatoms. The van der Waals surface area contributed by atoms with Crippen molar-refractivity contribution < 1.29 is 4.74 Å². The van der Waals surface area contributed by atoms with E-state index >= 15 is 0 Å². The minimum absolute atomic E-state index is 0.117. The Bertz CT molecular complexity index is 1100. The van der Waals surface area contributed by atoms with Crippen molar-refractivity contribution in [3.8, 4) is 16.5 Å². The number of nitrogens with one attached hydrogen (secondary N) is 1. The zero-order valence-electron chi connectivity index (χ0n) is 14.2. The van der Waals surface area contributed by atoms with E-state index in [4.69, 9.17) is 9.72 Å². The van der Waals surface area contributed by atoms with Crippen molar-refractivity contribution in [3.63, 3.8) is 0 Å². The molecule has 2 heterocycles. The van der Waals surface area contributed by atoms with E-state index in [0.29, 0.717) is 23.3 Å². The fourth-order valence-electron chi connectivity index (χ4n) is 2.86. The number of methoxy groups -OCH3 is 1. The average molecular weight is 363 g/mol. The molecular formula is C20H17N3O2S. The van der Waals surface area contributed by atoms with Gasteiger partial charge in [0.2, 0.25) is 0 Å². The van der Waals surface area contributed by atoms with Crippen molar-refractivity contribution in [1.29, 1.82) is 0 Å². The van der Waals surface area contributed by atoms with Crippen molar-refractivity contribution >= 4 is 22.2 Å². The van der Waals surface area contributed by atoms with Gasteiger partial charge in [-0.3, -0.25) is 4.79 Å². The van der Waals surface area contributed by atoms with E-state index in [1.165, 1.54) is 4.68 Å². The molecule has 0 aliphatic rings. The highest BCUT2D eigenvalue weighted by Gasteiger charge is 2.14. The molecule has 0 atom stereocenters. The molecule has 1 N–H and O–H groups in total. The molecule has 4 rings (SSSR count). The van der Waals surface area contributed by atoms with E-state index in [1.807, 2.05) is 60.0 Å². The molecule has 0 spiro atoms. The number of fused-ring (bicyclic) bond motifs is 1. The van der Waals surface area contributed by atoms with Crippen molar-refractivity contribution in [2.75, 3.05) is 12.5 Å². The Labute approximate surface area is 154 Å². The van der Waals surface area contributed by atoms with Gasteiger partial charge in [-0.25, -0.2) is 9.66 Å². The standard InChI is InChI=1S/C20H17N3O2S/c1-25-17-10-5-2-7-14(17)13-21-23-19(18-11-6-12-26-18)22-16-9-4-3-8-15(16)20(23)24/h2-12,21H,13H2,1H3. The van der Waals surface area contributed by atoms with Gasteiger partial charge in [0.05, 0.1) is 29.4 Å². The molecule has 0 saturated heterocycles. The highest BCUT2D eigenvalue weighted by atomic mass is 32.1. The van der Waals surface area contributed by atoms with Gasteiger partial charge in [0.25, 0.3) is 5.56 Å². The van der Waals surface area contributed by atoms with Crippen molar-refractivity contribution in [1.82, 2.24) is 9.66 Å². The van der Waals surface area contributed by atoms with Crippen molar-refractivity contribution in [2.45, 2.75) is 6.54 Å². The van der Waals surface area contributed by atoms with Crippen LogP contribution in [0.25, 0.3) is 21.6 Å². The van der Waals surface area contributed by atoms with E-state index in [2.05, 4.69) is 5.43 Å². The molecule has 0 aliphatic heterocycles. The Balaban J connectivity index is 1.81. The molecule has 26 heavy (non-hydrogen) atoms. The number of aromatic nitrogens is 2. The molecule has 0 aliphatic carbocycles. The van der Waals surface area contributed by atoms with Crippen LogP contribution in [0.3, 0.4) is 0 Å². The van der Waals surface area contributed by atoms with Crippen molar-refractivity contribution in [2.24, 2.45) is 0 Å². The summed E-state index contributed by atoms with van der Waals surface area (Å²) in [6.07, 6.45) is 0. The van der Waals surface area contributed by atoms with E-state index in [1.54, 1.807) is 24.5 Å². The van der Waals surface area contributed by atoms with Crippen LogP contribution in [0.2, 0.25) is 0 Å². The largest absolute Gasteiger partial charge is 0.496 e. The van der Waals surface area contributed by atoms with Gasteiger partial charge in [-0.1, -0.05) is 36.4 Å². The Morgan fingerprint density at radius 3 is 2.69 bits per heavy atom. The molecule has 0 fully saturated rings. The number of para-hydroxylation sites is 2. The van der Waals surface area contributed by atoms with Gasteiger partial charge < -0.3 is 10.2 Å². The lowest BCUT2D eigenvalue weighted by Gasteiger charge is -2.16. The molecule has 5 nitrogen and oxygen atoms in total. The first kappa shape index (κ1) is 16.4. The topological polar surface area (TPSA) is 56.1 Å². The van der Waals surface area contributed by atoms with Crippen LogP contribution < -0.4 is 15.7 Å². The predicted octanol–water partition coefficient (Wildman–Crippen LogP) is 3.88. The normalized spacial score (nSPS) is 10.8. The van der Waals surface area contributed by atoms with Crippen LogP contribution in [0, 0.1) is 0 Å². The molecule has 0 saturated carbocycles. The molecule has 2 aromatic carbocycles. The number of thiophene rings is 1. The number of hydrogen-bond acceptors (Lipinski definition) is 5. The predicted molar refractivity (Wildman–Crippen MR) is 105 cm³/mol. The van der Waals surface area contributed by atoms with Gasteiger partial charge in [-0.15, -0.1) is 11.3 Å². The van der Waals surface area contributed by atoms with Crippen molar-refractivity contribution in [3.05, 3.63) is 82.0 Å². The highest BCUT2D eigenvalue weighted by molar-refractivity contribution is 7.13. The number of nitrogens with zero attached hydrogens (tertiary/aromatic N) is 2. The quantitative estimate of drug-likeness (QED) is 0.585. The molecule has 130 valence electrons. The zero-order chi connectivity index (χ0) is 17.9. The summed E-state index contributed by atoms with van der Waals surface area (Å²) in [5.41, 5.74) is 4.76. The third-order valence-corrected chi connectivity index (χ3v) is 5.00. The summed E-state index contributed by atoms with van der Waals surface area (Å²) < 4.78 is 6.92. The van der Waals surface area contributed by atoms with E-state index in [-0.39, 0.29) is 5.56 Å². The number of benzene rings is 2. The molecule has 0 unspecified atom stereocenters. The minimum Gasteiger partial charge on any atom is -0.496 e. The molecule has 4 aromatic rings. The second-order valence-corrected chi connectivity index (χ2v) is 6.66. The van der Waals surface area contributed by atoms with Gasteiger partial charge in [-0.05, 0) is 29.6 Å². The number of hydrogen-bond donors (Lipinski definition) is 1. The second-order valence-electron chi connectivity index (χ2n) is 5.72. The van der Waals surface area contributed by atoms with Gasteiger partial charge >= 0.3 is 0 Å². The minimum atomic E-state index is -0.117. The summed E-state index contributed by atoms with van der Waals surface area (Å²) in [7, 11) is 1.64. The maximum absolute atomic E-state index is 13.1. The molecule has 0 bridgehead atoms. The maximum Gasteiger partial charge on any atom is 0.280 e. The summed E-state index contributed by atoms with van der Waals surface area (Å²) in [5, 5.41) is 2.56. The summed E-state index contributed by atoms with van der Waals surface area (Å²) in [6.45, 7) is 0.447. The monoisotopic (exact) mass is 363 g/mol. The second kappa shape index (κ2) is 7.01.